The Morgan fingerprint density at radius 1 is 0.979 bits per heavy atom. The summed E-state index contributed by atoms with van der Waals surface area (Å²) < 4.78 is 36.4. The molecule has 9 heteroatoms. The van der Waals surface area contributed by atoms with Crippen molar-refractivity contribution in [3.8, 4) is 5.75 Å². The van der Waals surface area contributed by atoms with Crippen LogP contribution in [-0.4, -0.2) is 60.4 Å². The van der Waals surface area contributed by atoms with E-state index < -0.39 is 9.71 Å². The van der Waals surface area contributed by atoms with Crippen LogP contribution >= 0.6 is 11.6 Å². The number of benzene rings is 2. The van der Waals surface area contributed by atoms with E-state index in [0.29, 0.717) is 43.1 Å². The lowest BCUT2D eigenvalue weighted by Gasteiger charge is -2.49. The van der Waals surface area contributed by atoms with Gasteiger partial charge in [-0.25, -0.2) is 4.21 Å². The van der Waals surface area contributed by atoms with Gasteiger partial charge in [0.2, 0.25) is 0 Å². The summed E-state index contributed by atoms with van der Waals surface area (Å²) in [7, 11) is -2.90. The summed E-state index contributed by atoms with van der Waals surface area (Å²) in [6.45, 7) is 12.1. The molecule has 48 heavy (non-hydrogen) atoms. The van der Waals surface area contributed by atoms with Crippen molar-refractivity contribution in [2.75, 3.05) is 37.8 Å². The van der Waals surface area contributed by atoms with Crippen molar-refractivity contribution >= 4 is 38.8 Å². The van der Waals surface area contributed by atoms with Crippen LogP contribution in [-0.2, 0) is 31.0 Å². The topological polar surface area (TPSA) is 77.1 Å². The van der Waals surface area contributed by atoms with E-state index in [4.69, 9.17) is 25.8 Å². The Labute approximate surface area is 292 Å². The van der Waals surface area contributed by atoms with Crippen LogP contribution in [0.5, 0.6) is 5.75 Å². The Morgan fingerprint density at radius 2 is 1.77 bits per heavy atom. The van der Waals surface area contributed by atoms with Gasteiger partial charge in [-0.3, -0.25) is 9.52 Å². The number of amides is 1. The monoisotopic (exact) mass is 696 g/mol. The molecule has 7 rings (SSSR count). The third kappa shape index (κ3) is 6.63. The summed E-state index contributed by atoms with van der Waals surface area (Å²) in [5.74, 6) is 5.86. The Bertz CT molecular complexity index is 1630. The zero-order valence-corrected chi connectivity index (χ0v) is 30.7. The zero-order chi connectivity index (χ0) is 33.8. The minimum Gasteiger partial charge on any atom is -0.490 e. The molecule has 1 N–H and O–H groups in total. The molecular formula is C39H53ClN2O5S. The highest BCUT2D eigenvalue weighted by atomic mass is 35.5. The Hall–Kier alpha value is -2.26. The number of anilines is 1. The minimum atomic E-state index is -2.90. The fourth-order valence-corrected chi connectivity index (χ4v) is 10.7. The highest BCUT2D eigenvalue weighted by Crippen LogP contribution is 2.49. The normalized spacial score (nSPS) is 35.7. The first-order valence-electron chi connectivity index (χ1n) is 18.1. The van der Waals surface area contributed by atoms with Crippen LogP contribution in [0.3, 0.4) is 0 Å². The third-order valence-corrected chi connectivity index (χ3v) is 14.7. The average molecular weight is 697 g/mol. The van der Waals surface area contributed by atoms with Crippen LogP contribution in [0.1, 0.15) is 94.1 Å². The molecule has 2 aromatic rings. The summed E-state index contributed by atoms with van der Waals surface area (Å²) in [6.07, 6.45) is 8.11. The number of carbonyl (C=O) groups excluding carboxylic acids is 1. The number of nitrogens with zero attached hydrogens (tertiary/aromatic N) is 1. The molecule has 2 bridgehead atoms. The SMILES string of the molecule is C=S1(=O)NC(=O)c2ccc3c(c2)N(C[C@@H]2CC[C@H]2[C@@H](C2OCC(C)(C)CO2)CCC[C@H](C)[C@H]1C)C[C@@]1(CCCc2cc(Cl)ccc21)CO3. The molecule has 262 valence electrons. The molecule has 1 saturated heterocycles. The number of hydrogen-bond acceptors (Lipinski definition) is 6. The summed E-state index contributed by atoms with van der Waals surface area (Å²) >= 11 is 6.48. The molecule has 2 aromatic carbocycles. The standard InChI is InChI=1S/C39H53ClN2O5S/c1-25-8-6-10-32(37-46-22-38(3,4)23-47-37)31-14-11-29(31)20-42-21-39(17-7-9-27-18-30(40)13-15-33(27)39)24-45-35-16-12-28(19-34(35)42)36(43)41-48(5,44)26(25)2/h12-13,15-16,18-19,25-26,29,31-32,37H,5-11,14,17,20-24H2,1-4H3,(H,41,43,44)/t25-,26+,29-,31+,32-,39-,48?/m0/s1. The first-order chi connectivity index (χ1) is 22.8. The smallest absolute Gasteiger partial charge is 0.262 e. The number of halogens is 1. The molecule has 1 saturated carbocycles. The lowest BCUT2D eigenvalue weighted by atomic mass is 9.64. The van der Waals surface area contributed by atoms with Gasteiger partial charge in [0, 0.05) is 45.7 Å². The van der Waals surface area contributed by atoms with Crippen LogP contribution in [0.15, 0.2) is 36.4 Å². The molecule has 1 unspecified atom stereocenters. The largest absolute Gasteiger partial charge is 0.490 e. The number of fused-ring (bicyclic) bond motifs is 4. The minimum absolute atomic E-state index is 0.0128. The third-order valence-electron chi connectivity index (χ3n) is 12.3. The second-order valence-corrected chi connectivity index (χ2v) is 19.2. The number of ether oxygens (including phenoxy) is 3. The molecular weight excluding hydrogens is 644 g/mol. The van der Waals surface area contributed by atoms with Crippen molar-refractivity contribution in [3.05, 3.63) is 58.1 Å². The van der Waals surface area contributed by atoms with E-state index in [9.17, 15) is 9.00 Å². The van der Waals surface area contributed by atoms with Gasteiger partial charge in [-0.05, 0) is 117 Å². The molecule has 3 aliphatic heterocycles. The molecule has 1 spiro atoms. The summed E-state index contributed by atoms with van der Waals surface area (Å²) in [4.78, 5) is 16.2. The maximum atomic E-state index is 13.9. The predicted octanol–water partition coefficient (Wildman–Crippen LogP) is 7.42. The van der Waals surface area contributed by atoms with Gasteiger partial charge in [-0.2, -0.15) is 0 Å². The molecule has 2 fully saturated rings. The summed E-state index contributed by atoms with van der Waals surface area (Å²) in [6, 6.07) is 12.0. The fourth-order valence-electron chi connectivity index (χ4n) is 9.02. The number of nitrogens with one attached hydrogen (secondary N) is 1. The Balaban J connectivity index is 1.28. The zero-order valence-electron chi connectivity index (χ0n) is 29.1. The first-order valence-corrected chi connectivity index (χ1v) is 20.2. The van der Waals surface area contributed by atoms with Gasteiger partial charge in [-0.1, -0.05) is 44.9 Å². The second-order valence-electron chi connectivity index (χ2n) is 16.4. The van der Waals surface area contributed by atoms with E-state index in [1.165, 1.54) is 11.1 Å². The molecule has 1 amide bonds. The van der Waals surface area contributed by atoms with E-state index >= 15 is 0 Å². The number of rotatable bonds is 1. The van der Waals surface area contributed by atoms with Crippen LogP contribution in [0.2, 0.25) is 5.02 Å². The Morgan fingerprint density at radius 3 is 2.52 bits per heavy atom. The van der Waals surface area contributed by atoms with Crippen LogP contribution < -0.4 is 14.4 Å². The average Bonchev–Trinajstić information content (AvgIpc) is 3.18. The van der Waals surface area contributed by atoms with Gasteiger partial charge in [0.1, 0.15) is 5.75 Å². The molecule has 0 radical (unpaired) electrons. The van der Waals surface area contributed by atoms with Gasteiger partial charge in [0.05, 0.1) is 35.2 Å². The van der Waals surface area contributed by atoms with E-state index in [1.807, 2.05) is 25.1 Å². The molecule has 7 nitrogen and oxygen atoms in total. The maximum Gasteiger partial charge on any atom is 0.262 e. The maximum absolute atomic E-state index is 13.9. The highest BCUT2D eigenvalue weighted by Gasteiger charge is 2.47. The number of carbonyl (C=O) groups is 1. The van der Waals surface area contributed by atoms with Crippen LogP contribution in [0, 0.1) is 29.1 Å². The molecule has 3 heterocycles. The van der Waals surface area contributed by atoms with Crippen molar-refractivity contribution in [2.45, 2.75) is 96.0 Å². The molecule has 0 aromatic heterocycles. The van der Waals surface area contributed by atoms with Crippen molar-refractivity contribution < 1.29 is 23.2 Å². The predicted molar refractivity (Wildman–Crippen MR) is 195 cm³/mol. The van der Waals surface area contributed by atoms with E-state index in [0.717, 1.165) is 80.9 Å². The van der Waals surface area contributed by atoms with Crippen molar-refractivity contribution in [1.82, 2.24) is 4.72 Å². The Kier molecular flexibility index (Phi) is 9.36. The van der Waals surface area contributed by atoms with Crippen molar-refractivity contribution in [3.63, 3.8) is 0 Å². The lowest BCUT2D eigenvalue weighted by molar-refractivity contribution is -0.257. The quantitative estimate of drug-likeness (QED) is 0.313. The van der Waals surface area contributed by atoms with Gasteiger partial charge >= 0.3 is 0 Å². The van der Waals surface area contributed by atoms with Gasteiger partial charge in [-0.15, -0.1) is 0 Å². The number of hydrogen-bond donors (Lipinski definition) is 1. The van der Waals surface area contributed by atoms with Gasteiger partial charge in [0.25, 0.3) is 5.91 Å². The van der Waals surface area contributed by atoms with Crippen LogP contribution in [0.25, 0.3) is 0 Å². The molecule has 7 atom stereocenters. The van der Waals surface area contributed by atoms with Gasteiger partial charge < -0.3 is 19.1 Å². The number of aryl methyl sites for hydroxylation is 1. The first kappa shape index (κ1) is 34.2. The van der Waals surface area contributed by atoms with Crippen LogP contribution in [0.4, 0.5) is 5.69 Å². The summed E-state index contributed by atoms with van der Waals surface area (Å²) in [5, 5.41) is 0.501. The fraction of sp³-hybridized carbons (Fsp3) is 0.641. The molecule has 2 aliphatic carbocycles. The molecule has 5 aliphatic rings. The van der Waals surface area contributed by atoms with E-state index in [2.05, 4.69) is 48.4 Å². The second kappa shape index (κ2) is 13.1. The lowest BCUT2D eigenvalue weighted by Crippen LogP contribution is -2.51. The van der Waals surface area contributed by atoms with E-state index in [-0.39, 0.29) is 34.2 Å². The van der Waals surface area contributed by atoms with Gasteiger partial charge in [0.15, 0.2) is 6.29 Å². The van der Waals surface area contributed by atoms with Crippen molar-refractivity contribution in [1.29, 1.82) is 0 Å². The van der Waals surface area contributed by atoms with E-state index in [1.54, 1.807) is 6.07 Å². The van der Waals surface area contributed by atoms with Crippen molar-refractivity contribution in [2.24, 2.45) is 29.1 Å². The highest BCUT2D eigenvalue weighted by molar-refractivity contribution is 7.99. The summed E-state index contributed by atoms with van der Waals surface area (Å²) in [5.41, 5.74) is 3.85.